The fourth-order valence-corrected chi connectivity index (χ4v) is 3.36. The molecule has 12 heteroatoms. The predicted octanol–water partition coefficient (Wildman–Crippen LogP) is 2.92. The van der Waals surface area contributed by atoms with Crippen LogP contribution in [-0.2, 0) is 6.54 Å². The maximum atomic E-state index is 13.3. The van der Waals surface area contributed by atoms with Crippen LogP contribution in [0.1, 0.15) is 26.5 Å². The molecule has 2 N–H and O–H groups in total. The van der Waals surface area contributed by atoms with Crippen LogP contribution in [0.4, 0.5) is 5.69 Å². The first kappa shape index (κ1) is 21.0. The van der Waals surface area contributed by atoms with E-state index in [1.807, 2.05) is 0 Å². The van der Waals surface area contributed by atoms with Gasteiger partial charge in [0.05, 0.1) is 11.2 Å². The van der Waals surface area contributed by atoms with Crippen LogP contribution >= 0.6 is 11.6 Å². The summed E-state index contributed by atoms with van der Waals surface area (Å²) < 4.78 is 6.72. The van der Waals surface area contributed by atoms with E-state index in [4.69, 9.17) is 21.8 Å². The number of nitrogens with two attached hydrogens (primary N) is 1. The number of carbonyl (C=O) groups excluding carboxylic acids is 2. The van der Waals surface area contributed by atoms with E-state index in [1.165, 1.54) is 53.2 Å². The van der Waals surface area contributed by atoms with E-state index in [2.05, 4.69) is 9.97 Å². The number of non-ortho nitro benzene ring substituents is 1. The molecule has 0 atom stereocenters. The Balaban J connectivity index is 1.77. The Morgan fingerprint density at radius 2 is 2.09 bits per heavy atom. The molecule has 0 aliphatic carbocycles. The molecule has 0 aliphatic heterocycles. The summed E-state index contributed by atoms with van der Waals surface area (Å²) in [4.78, 5) is 45.3. The van der Waals surface area contributed by atoms with E-state index in [1.54, 1.807) is 12.1 Å². The van der Waals surface area contributed by atoms with E-state index in [0.29, 0.717) is 17.0 Å². The highest BCUT2D eigenvalue weighted by atomic mass is 35.5. The van der Waals surface area contributed by atoms with Crippen LogP contribution in [-0.4, -0.2) is 43.1 Å². The molecule has 0 radical (unpaired) electrons. The third-order valence-electron chi connectivity index (χ3n) is 4.72. The minimum absolute atomic E-state index is 0.00335. The first-order chi connectivity index (χ1) is 15.3. The lowest BCUT2D eigenvalue weighted by Crippen LogP contribution is -2.28. The van der Waals surface area contributed by atoms with Gasteiger partial charge in [-0.15, -0.1) is 0 Å². The fourth-order valence-electron chi connectivity index (χ4n) is 3.18. The molecule has 1 aromatic carbocycles. The SMILES string of the molecule is CN(Cc1cc([N+](=O)[O-])ccc1Cl)C(=O)c1cc(-c2ccco2)nc2c(C(N)=O)ncn12. The third kappa shape index (κ3) is 3.76. The van der Waals surface area contributed by atoms with Crippen LogP contribution in [0.5, 0.6) is 0 Å². The highest BCUT2D eigenvalue weighted by Gasteiger charge is 2.23. The minimum atomic E-state index is -0.799. The molecule has 2 amide bonds. The number of nitrogens with zero attached hydrogens (tertiary/aromatic N) is 5. The molecule has 0 saturated heterocycles. The topological polar surface area (TPSA) is 150 Å². The van der Waals surface area contributed by atoms with Crippen LogP contribution in [0.3, 0.4) is 0 Å². The molecule has 0 saturated carbocycles. The third-order valence-corrected chi connectivity index (χ3v) is 5.09. The summed E-state index contributed by atoms with van der Waals surface area (Å²) in [5.41, 5.74) is 6.08. The predicted molar refractivity (Wildman–Crippen MR) is 113 cm³/mol. The number of carbonyl (C=O) groups is 2. The number of imidazole rings is 1. The molecule has 0 spiro atoms. The van der Waals surface area contributed by atoms with Gasteiger partial charge in [0.25, 0.3) is 17.5 Å². The number of fused-ring (bicyclic) bond motifs is 1. The van der Waals surface area contributed by atoms with E-state index < -0.39 is 16.7 Å². The van der Waals surface area contributed by atoms with Crippen LogP contribution in [0.15, 0.2) is 53.4 Å². The number of benzene rings is 1. The second kappa shape index (κ2) is 8.12. The van der Waals surface area contributed by atoms with Gasteiger partial charge >= 0.3 is 0 Å². The molecule has 0 aliphatic rings. The van der Waals surface area contributed by atoms with Gasteiger partial charge in [-0.05, 0) is 29.8 Å². The zero-order chi connectivity index (χ0) is 23.0. The number of halogens is 1. The lowest BCUT2D eigenvalue weighted by atomic mass is 10.1. The summed E-state index contributed by atoms with van der Waals surface area (Å²) in [5, 5.41) is 11.4. The Labute approximate surface area is 185 Å². The van der Waals surface area contributed by atoms with Gasteiger partial charge in [-0.25, -0.2) is 9.97 Å². The highest BCUT2D eigenvalue weighted by molar-refractivity contribution is 6.31. The number of nitro groups is 1. The van der Waals surface area contributed by atoms with Crippen LogP contribution in [0.25, 0.3) is 17.1 Å². The van der Waals surface area contributed by atoms with Crippen molar-refractivity contribution in [3.63, 3.8) is 0 Å². The van der Waals surface area contributed by atoms with Crippen molar-refractivity contribution in [1.82, 2.24) is 19.3 Å². The van der Waals surface area contributed by atoms with Gasteiger partial charge in [-0.3, -0.25) is 24.1 Å². The van der Waals surface area contributed by atoms with Gasteiger partial charge in [0.2, 0.25) is 0 Å². The average Bonchev–Trinajstić information content (AvgIpc) is 3.43. The number of hydrogen-bond donors (Lipinski definition) is 1. The molecule has 162 valence electrons. The second-order valence-corrected chi connectivity index (χ2v) is 7.26. The van der Waals surface area contributed by atoms with Crippen molar-refractivity contribution >= 4 is 34.7 Å². The molecule has 4 rings (SSSR count). The Kier molecular flexibility index (Phi) is 5.33. The number of nitro benzene ring substituents is 1. The zero-order valence-corrected chi connectivity index (χ0v) is 17.3. The van der Waals surface area contributed by atoms with Crippen LogP contribution in [0.2, 0.25) is 5.02 Å². The van der Waals surface area contributed by atoms with Crippen molar-refractivity contribution in [2.75, 3.05) is 7.05 Å². The molecule has 0 bridgehead atoms. The Hall–Kier alpha value is -4.25. The van der Waals surface area contributed by atoms with Crippen molar-refractivity contribution < 1.29 is 18.9 Å². The molecule has 32 heavy (non-hydrogen) atoms. The molecule has 11 nitrogen and oxygen atoms in total. The van der Waals surface area contributed by atoms with Crippen molar-refractivity contribution in [1.29, 1.82) is 0 Å². The standard InChI is InChI=1S/C20H15ClN6O5/c1-25(9-11-7-12(27(30)31)4-5-13(11)21)20(29)15-8-14(16-3-2-6-32-16)24-19-17(18(22)28)23-10-26(15)19/h2-8,10H,9H2,1H3,(H2,22,28). The van der Waals surface area contributed by atoms with Crippen molar-refractivity contribution in [2.45, 2.75) is 6.54 Å². The maximum absolute atomic E-state index is 13.3. The smallest absolute Gasteiger partial charge is 0.271 e. The molecule has 4 aromatic rings. The van der Waals surface area contributed by atoms with E-state index in [-0.39, 0.29) is 34.3 Å². The number of primary amides is 1. The number of rotatable bonds is 6. The van der Waals surface area contributed by atoms with E-state index >= 15 is 0 Å². The summed E-state index contributed by atoms with van der Waals surface area (Å²) in [7, 11) is 1.52. The van der Waals surface area contributed by atoms with E-state index in [0.717, 1.165) is 0 Å². The number of hydrogen-bond acceptors (Lipinski definition) is 7. The average molecular weight is 455 g/mol. The summed E-state index contributed by atoms with van der Waals surface area (Å²) in [6, 6.07) is 8.80. The molecule has 0 fully saturated rings. The molecular weight excluding hydrogens is 440 g/mol. The largest absolute Gasteiger partial charge is 0.463 e. The summed E-state index contributed by atoms with van der Waals surface area (Å²) in [5.74, 6) is -0.893. The van der Waals surface area contributed by atoms with Gasteiger partial charge in [-0.1, -0.05) is 11.6 Å². The maximum Gasteiger partial charge on any atom is 0.271 e. The lowest BCUT2D eigenvalue weighted by Gasteiger charge is -2.19. The fraction of sp³-hybridized carbons (Fsp3) is 0.100. The second-order valence-electron chi connectivity index (χ2n) is 6.85. The van der Waals surface area contributed by atoms with Gasteiger partial charge in [0, 0.05) is 30.7 Å². The van der Waals surface area contributed by atoms with Crippen molar-refractivity contribution in [3.8, 4) is 11.5 Å². The minimum Gasteiger partial charge on any atom is -0.463 e. The van der Waals surface area contributed by atoms with E-state index in [9.17, 15) is 19.7 Å². The number of amides is 2. The summed E-state index contributed by atoms with van der Waals surface area (Å²) in [6.45, 7) is -0.00335. The molecule has 3 heterocycles. The summed E-state index contributed by atoms with van der Waals surface area (Å²) >= 11 is 6.17. The molecule has 0 unspecified atom stereocenters. The lowest BCUT2D eigenvalue weighted by molar-refractivity contribution is -0.384. The Bertz CT molecular complexity index is 1360. The van der Waals surface area contributed by atoms with Crippen LogP contribution in [0, 0.1) is 10.1 Å². The number of aromatic nitrogens is 3. The van der Waals surface area contributed by atoms with Crippen molar-refractivity contribution in [2.24, 2.45) is 5.73 Å². The Morgan fingerprint density at radius 3 is 2.75 bits per heavy atom. The monoisotopic (exact) mass is 454 g/mol. The van der Waals surface area contributed by atoms with Gasteiger partial charge in [0.1, 0.15) is 17.7 Å². The highest BCUT2D eigenvalue weighted by Crippen LogP contribution is 2.25. The van der Waals surface area contributed by atoms with Crippen molar-refractivity contribution in [3.05, 3.63) is 81.1 Å². The van der Waals surface area contributed by atoms with Gasteiger partial charge in [-0.2, -0.15) is 0 Å². The summed E-state index contributed by atoms with van der Waals surface area (Å²) in [6.07, 6.45) is 2.72. The first-order valence-electron chi connectivity index (χ1n) is 9.16. The molecule has 3 aromatic heterocycles. The van der Waals surface area contributed by atoms with Gasteiger partial charge < -0.3 is 15.1 Å². The number of furan rings is 1. The quantitative estimate of drug-likeness (QED) is 0.347. The first-order valence-corrected chi connectivity index (χ1v) is 9.54. The Morgan fingerprint density at radius 1 is 1.31 bits per heavy atom. The zero-order valence-electron chi connectivity index (χ0n) is 16.6. The molecular formula is C20H15ClN6O5. The van der Waals surface area contributed by atoms with Gasteiger partial charge in [0.15, 0.2) is 17.1 Å². The van der Waals surface area contributed by atoms with Crippen LogP contribution < -0.4 is 5.73 Å². The normalized spacial score (nSPS) is 10.9.